The fourth-order valence-electron chi connectivity index (χ4n) is 4.49. The molecule has 0 spiro atoms. The second kappa shape index (κ2) is 9.60. The molecule has 0 amide bonds. The zero-order valence-corrected chi connectivity index (χ0v) is 20.5. The molecule has 1 fully saturated rings. The Labute approximate surface area is 200 Å². The number of nitrogens with two attached hydrogens (primary N) is 1. The zero-order valence-electron chi connectivity index (χ0n) is 20.5. The summed E-state index contributed by atoms with van der Waals surface area (Å²) in [5.41, 5.74) is 9.52. The molecule has 4 N–H and O–H groups in total. The van der Waals surface area contributed by atoms with Gasteiger partial charge in [-0.1, -0.05) is 13.8 Å². The van der Waals surface area contributed by atoms with Gasteiger partial charge in [0.15, 0.2) is 11.6 Å². The molecule has 182 valence electrons. The van der Waals surface area contributed by atoms with Gasteiger partial charge in [-0.2, -0.15) is 0 Å². The van der Waals surface area contributed by atoms with Crippen LogP contribution in [0.15, 0.2) is 29.4 Å². The average molecular weight is 467 g/mol. The quantitative estimate of drug-likeness (QED) is 0.326. The van der Waals surface area contributed by atoms with E-state index in [0.717, 1.165) is 40.9 Å². The number of aromatic nitrogens is 3. The fourth-order valence-corrected chi connectivity index (χ4v) is 4.49. The molecule has 0 bridgehead atoms. The van der Waals surface area contributed by atoms with Gasteiger partial charge in [0.05, 0.1) is 42.4 Å². The van der Waals surface area contributed by atoms with Crippen molar-refractivity contribution < 1.29 is 14.6 Å². The smallest absolute Gasteiger partial charge is 0.213 e. The van der Waals surface area contributed by atoms with Gasteiger partial charge in [0.25, 0.3) is 0 Å². The number of hydrogen-bond donors (Lipinski definition) is 3. The van der Waals surface area contributed by atoms with E-state index in [1.54, 1.807) is 13.3 Å². The van der Waals surface area contributed by atoms with Crippen LogP contribution in [0.4, 0.5) is 5.82 Å². The van der Waals surface area contributed by atoms with Gasteiger partial charge in [0.2, 0.25) is 5.88 Å². The Morgan fingerprint density at radius 2 is 2.12 bits per heavy atom. The van der Waals surface area contributed by atoms with Crippen LogP contribution >= 0.6 is 0 Å². The number of hydrogen-bond acceptors (Lipinski definition) is 7. The number of fused-ring (bicyclic) bond motifs is 1. The van der Waals surface area contributed by atoms with Crippen LogP contribution in [0.1, 0.15) is 39.2 Å². The predicted octanol–water partition coefficient (Wildman–Crippen LogP) is 3.46. The van der Waals surface area contributed by atoms with E-state index in [2.05, 4.69) is 33.7 Å². The van der Waals surface area contributed by atoms with E-state index in [9.17, 15) is 5.11 Å². The topological polar surface area (TPSA) is 122 Å². The first-order valence-electron chi connectivity index (χ1n) is 11.6. The third-order valence-corrected chi connectivity index (χ3v) is 5.88. The monoisotopic (exact) mass is 466 g/mol. The summed E-state index contributed by atoms with van der Waals surface area (Å²) in [6.45, 7) is 11.1. The first kappa shape index (κ1) is 24.0. The molecule has 0 aromatic carbocycles. The van der Waals surface area contributed by atoms with Crippen LogP contribution in [0.5, 0.6) is 11.6 Å². The van der Waals surface area contributed by atoms with Crippen LogP contribution in [0.3, 0.4) is 0 Å². The second-order valence-electron chi connectivity index (χ2n) is 9.83. The van der Waals surface area contributed by atoms with Gasteiger partial charge in [0.1, 0.15) is 0 Å². The highest BCUT2D eigenvalue weighted by Gasteiger charge is 2.31. The van der Waals surface area contributed by atoms with Crippen LogP contribution in [0.25, 0.3) is 22.3 Å². The largest absolute Gasteiger partial charge is 0.493 e. The van der Waals surface area contributed by atoms with Crippen LogP contribution in [-0.4, -0.2) is 70.2 Å². The van der Waals surface area contributed by atoms with Crippen molar-refractivity contribution >= 4 is 23.2 Å². The Balaban J connectivity index is 1.55. The summed E-state index contributed by atoms with van der Waals surface area (Å²) < 4.78 is 11.5. The number of likely N-dealkylation sites (tertiary alicyclic amines) is 1. The maximum absolute atomic E-state index is 9.96. The van der Waals surface area contributed by atoms with Crippen LogP contribution in [-0.2, 0) is 0 Å². The Morgan fingerprint density at radius 3 is 2.76 bits per heavy atom. The molecule has 3 aromatic rings. The molecule has 34 heavy (non-hydrogen) atoms. The number of H-pyrrole nitrogens is 1. The highest BCUT2D eigenvalue weighted by atomic mass is 16.5. The Morgan fingerprint density at radius 1 is 1.35 bits per heavy atom. The molecule has 0 aliphatic carbocycles. The molecule has 1 saturated heterocycles. The van der Waals surface area contributed by atoms with Gasteiger partial charge in [-0.25, -0.2) is 15.0 Å². The van der Waals surface area contributed by atoms with Gasteiger partial charge in [-0.3, -0.25) is 4.90 Å². The van der Waals surface area contributed by atoms with E-state index in [-0.39, 0.29) is 5.92 Å². The van der Waals surface area contributed by atoms with Crippen molar-refractivity contribution in [2.75, 3.05) is 33.4 Å². The number of aliphatic imine (C=N–C) groups is 1. The van der Waals surface area contributed by atoms with Crippen molar-refractivity contribution in [3.05, 3.63) is 30.0 Å². The van der Waals surface area contributed by atoms with Crippen LogP contribution < -0.4 is 15.2 Å². The van der Waals surface area contributed by atoms with Crippen LogP contribution in [0.2, 0.25) is 0 Å². The molecule has 9 nitrogen and oxygen atoms in total. The number of β-amino-alcohol motifs (C(OH)–C–C–N with tert-alkyl or cyclic N) is 1. The first-order valence-corrected chi connectivity index (χ1v) is 11.6. The zero-order chi connectivity index (χ0) is 24.5. The van der Waals surface area contributed by atoms with E-state index in [1.807, 2.05) is 32.0 Å². The highest BCUT2D eigenvalue weighted by molar-refractivity contribution is 5.89. The van der Waals surface area contributed by atoms with Crippen LogP contribution in [0, 0.1) is 5.92 Å². The lowest BCUT2D eigenvalue weighted by atomic mass is 9.98. The predicted molar refractivity (Wildman–Crippen MR) is 134 cm³/mol. The number of aromatic amines is 1. The number of ether oxygens (including phenoxy) is 2. The number of nitrogens with zero attached hydrogens (tertiary/aromatic N) is 4. The molecule has 4 heterocycles. The van der Waals surface area contributed by atoms with Crippen molar-refractivity contribution in [2.24, 2.45) is 16.6 Å². The van der Waals surface area contributed by atoms with Gasteiger partial charge < -0.3 is 25.3 Å². The Kier molecular flexibility index (Phi) is 6.77. The third kappa shape index (κ3) is 5.15. The molecule has 4 rings (SSSR count). The molecule has 1 aliphatic heterocycles. The lowest BCUT2D eigenvalue weighted by Gasteiger charge is -2.41. The molecule has 1 aliphatic rings. The summed E-state index contributed by atoms with van der Waals surface area (Å²) in [6.07, 6.45) is 2.96. The summed E-state index contributed by atoms with van der Waals surface area (Å²) in [7, 11) is 1.59. The second-order valence-corrected chi connectivity index (χ2v) is 9.83. The maximum Gasteiger partial charge on any atom is 0.213 e. The maximum atomic E-state index is 9.96. The standard InChI is InChI=1S/C25H34N6O3/c1-15(2)21-22(17-8-19(33-5)24(27-9-17)28-14-26)29-18-6-7-20(30-23(18)21)34-12-16-10-31(11-16)13-25(3,4)32/h6-9,14-16,29,32H,10-13H2,1-5H3,(H2,26,27,28). The molecule has 0 radical (unpaired) electrons. The Bertz CT molecular complexity index is 1180. The van der Waals surface area contributed by atoms with Crippen molar-refractivity contribution in [1.29, 1.82) is 0 Å². The number of rotatable bonds is 9. The summed E-state index contributed by atoms with van der Waals surface area (Å²) >= 11 is 0. The van der Waals surface area contributed by atoms with Gasteiger partial charge >= 0.3 is 0 Å². The third-order valence-electron chi connectivity index (χ3n) is 5.88. The lowest BCUT2D eigenvalue weighted by Crippen LogP contribution is -2.53. The lowest BCUT2D eigenvalue weighted by molar-refractivity contribution is -0.0183. The normalized spacial score (nSPS) is 15.4. The molecule has 0 saturated carbocycles. The average Bonchev–Trinajstić information content (AvgIpc) is 3.14. The molecule has 3 aromatic heterocycles. The van der Waals surface area contributed by atoms with E-state index in [1.165, 1.54) is 6.34 Å². The van der Waals surface area contributed by atoms with Crippen molar-refractivity contribution in [3.63, 3.8) is 0 Å². The minimum atomic E-state index is -0.671. The van der Waals surface area contributed by atoms with E-state index in [4.69, 9.17) is 20.2 Å². The van der Waals surface area contributed by atoms with Gasteiger partial charge in [0, 0.05) is 48.9 Å². The fraction of sp³-hybridized carbons (Fsp3) is 0.480. The molecule has 0 atom stereocenters. The molecular formula is C25H34N6O3. The minimum absolute atomic E-state index is 0.223. The van der Waals surface area contributed by atoms with E-state index in [0.29, 0.717) is 36.5 Å². The number of nitrogens with one attached hydrogen (secondary N) is 1. The van der Waals surface area contributed by atoms with Crippen molar-refractivity contribution in [3.8, 4) is 22.9 Å². The van der Waals surface area contributed by atoms with Gasteiger partial charge in [-0.15, -0.1) is 0 Å². The van der Waals surface area contributed by atoms with E-state index < -0.39 is 5.60 Å². The highest BCUT2D eigenvalue weighted by Crippen LogP contribution is 2.38. The first-order chi connectivity index (χ1) is 16.2. The van der Waals surface area contributed by atoms with E-state index >= 15 is 0 Å². The molecule has 9 heteroatoms. The van der Waals surface area contributed by atoms with Crippen molar-refractivity contribution in [2.45, 2.75) is 39.2 Å². The van der Waals surface area contributed by atoms with Gasteiger partial charge in [-0.05, 0) is 31.9 Å². The molecule has 0 unspecified atom stereocenters. The minimum Gasteiger partial charge on any atom is -0.493 e. The number of methoxy groups -OCH3 is 1. The molecular weight excluding hydrogens is 432 g/mol. The summed E-state index contributed by atoms with van der Waals surface area (Å²) in [6, 6.07) is 5.81. The number of pyridine rings is 2. The summed E-state index contributed by atoms with van der Waals surface area (Å²) in [5.74, 6) is 2.26. The summed E-state index contributed by atoms with van der Waals surface area (Å²) in [5, 5.41) is 9.96. The SMILES string of the molecule is COc1cc(-c2[nH]c3ccc(OCC4CN(CC(C)(C)O)C4)nc3c2C(C)C)cnc1/N=C/N. The summed E-state index contributed by atoms with van der Waals surface area (Å²) in [4.78, 5) is 19.0. The van der Waals surface area contributed by atoms with Crippen molar-refractivity contribution in [1.82, 2.24) is 19.9 Å². The Hall–Kier alpha value is -3.17. The number of aliphatic hydroxyl groups is 1.